The Balaban J connectivity index is 1.74. The minimum atomic E-state index is -0.297. The number of thiophene rings is 1. The van der Waals surface area contributed by atoms with E-state index in [1.54, 1.807) is 30.5 Å². The Morgan fingerprint density at radius 2 is 1.73 bits per heavy atom. The maximum Gasteiger partial charge on any atom is 0.322 e. The van der Waals surface area contributed by atoms with Gasteiger partial charge in [0.25, 0.3) is 0 Å². The summed E-state index contributed by atoms with van der Waals surface area (Å²) < 4.78 is 16.3. The number of methoxy groups -OCH3 is 2. The summed E-state index contributed by atoms with van der Waals surface area (Å²) >= 11 is 1.61. The van der Waals surface area contributed by atoms with E-state index >= 15 is 0 Å². The van der Waals surface area contributed by atoms with Crippen molar-refractivity contribution in [3.8, 4) is 11.5 Å². The normalized spacial score (nSPS) is 10.7. The van der Waals surface area contributed by atoms with Crippen LogP contribution in [0.4, 0.5) is 10.5 Å². The predicted molar refractivity (Wildman–Crippen MR) is 161 cm³/mol. The molecule has 3 rings (SSSR count). The Labute approximate surface area is 241 Å². The monoisotopic (exact) mass is 567 g/mol. The van der Waals surface area contributed by atoms with Gasteiger partial charge < -0.3 is 29.3 Å². The van der Waals surface area contributed by atoms with Gasteiger partial charge in [-0.2, -0.15) is 0 Å². The lowest BCUT2D eigenvalue weighted by Gasteiger charge is -2.28. The van der Waals surface area contributed by atoms with Gasteiger partial charge in [0.1, 0.15) is 6.54 Å². The minimum Gasteiger partial charge on any atom is -0.493 e. The van der Waals surface area contributed by atoms with E-state index in [4.69, 9.17) is 14.2 Å². The van der Waals surface area contributed by atoms with Gasteiger partial charge in [0.2, 0.25) is 5.91 Å². The van der Waals surface area contributed by atoms with E-state index < -0.39 is 0 Å². The maximum absolute atomic E-state index is 13.7. The number of nitrogens with zero attached hydrogens (tertiary/aromatic N) is 2. The molecule has 0 aliphatic rings. The molecule has 0 aliphatic heterocycles. The zero-order chi connectivity index (χ0) is 28.7. The average Bonchev–Trinajstić information content (AvgIpc) is 3.49. The topological polar surface area (TPSA) is 80.3 Å². The van der Waals surface area contributed by atoms with Crippen LogP contribution in [-0.4, -0.2) is 68.8 Å². The Bertz CT molecular complexity index is 1200. The fourth-order valence-corrected chi connectivity index (χ4v) is 4.99. The molecule has 3 aromatic rings. The molecule has 9 heteroatoms. The van der Waals surface area contributed by atoms with Crippen LogP contribution in [0.2, 0.25) is 0 Å². The van der Waals surface area contributed by atoms with Crippen molar-refractivity contribution in [2.24, 2.45) is 0 Å². The van der Waals surface area contributed by atoms with E-state index in [-0.39, 0.29) is 18.5 Å². The lowest BCUT2D eigenvalue weighted by Crippen LogP contribution is -2.45. The average molecular weight is 568 g/mol. The molecule has 2 aromatic carbocycles. The van der Waals surface area contributed by atoms with Crippen LogP contribution in [0, 0.1) is 0 Å². The van der Waals surface area contributed by atoms with Crippen LogP contribution in [0.15, 0.2) is 60.0 Å². The van der Waals surface area contributed by atoms with Crippen molar-refractivity contribution in [2.45, 2.75) is 39.7 Å². The summed E-state index contributed by atoms with van der Waals surface area (Å²) in [6.07, 6.45) is 2.15. The first-order valence-electron chi connectivity index (χ1n) is 13.7. The minimum absolute atomic E-state index is 0.0251. The molecule has 8 nitrogen and oxygen atoms in total. The zero-order valence-electron chi connectivity index (χ0n) is 24.0. The van der Waals surface area contributed by atoms with Crippen molar-refractivity contribution >= 4 is 29.0 Å². The summed E-state index contributed by atoms with van der Waals surface area (Å²) in [4.78, 5) is 31.5. The molecule has 0 bridgehead atoms. The number of hydrogen-bond acceptors (Lipinski definition) is 6. The fraction of sp³-hybridized carbons (Fsp3) is 0.419. The first-order chi connectivity index (χ1) is 19.5. The third kappa shape index (κ3) is 9.57. The van der Waals surface area contributed by atoms with E-state index in [2.05, 4.69) is 12.2 Å². The molecule has 0 saturated carbocycles. The Morgan fingerprint density at radius 3 is 2.42 bits per heavy atom. The number of aryl methyl sites for hydroxylation is 1. The molecular weight excluding hydrogens is 526 g/mol. The van der Waals surface area contributed by atoms with Crippen LogP contribution in [0.5, 0.6) is 11.5 Å². The third-order valence-electron chi connectivity index (χ3n) is 6.52. The second kappa shape index (κ2) is 16.5. The van der Waals surface area contributed by atoms with Gasteiger partial charge in [-0.3, -0.25) is 4.79 Å². The molecule has 1 heterocycles. The quantitative estimate of drug-likeness (QED) is 0.219. The third-order valence-corrected chi connectivity index (χ3v) is 7.38. The van der Waals surface area contributed by atoms with Gasteiger partial charge in [-0.1, -0.05) is 31.2 Å². The van der Waals surface area contributed by atoms with Gasteiger partial charge in [0, 0.05) is 36.9 Å². The van der Waals surface area contributed by atoms with E-state index in [1.807, 2.05) is 71.8 Å². The highest BCUT2D eigenvalue weighted by Gasteiger charge is 2.22. The summed E-state index contributed by atoms with van der Waals surface area (Å²) in [5.74, 6) is 1.21. The Morgan fingerprint density at radius 1 is 0.900 bits per heavy atom. The van der Waals surface area contributed by atoms with Crippen LogP contribution in [-0.2, 0) is 28.9 Å². The number of ether oxygens (including phenoxy) is 3. The lowest BCUT2D eigenvalue weighted by atomic mass is 10.1. The number of carbonyl (C=O) groups is 2. The molecule has 0 radical (unpaired) electrons. The van der Waals surface area contributed by atoms with Crippen molar-refractivity contribution < 1.29 is 23.8 Å². The molecule has 1 N–H and O–H groups in total. The SMILES string of the molecule is CCOCCCN(CC(=O)N(CCc1ccc(OC)c(OC)c1)Cc1cccs1)C(=O)Nc1cccc(CC)c1. The summed E-state index contributed by atoms with van der Waals surface area (Å²) in [6, 6.07) is 17.3. The van der Waals surface area contributed by atoms with Gasteiger partial charge in [-0.15, -0.1) is 11.3 Å². The van der Waals surface area contributed by atoms with Gasteiger partial charge >= 0.3 is 6.03 Å². The summed E-state index contributed by atoms with van der Waals surface area (Å²) in [5.41, 5.74) is 2.88. The Hall–Kier alpha value is -3.56. The molecule has 0 atom stereocenters. The van der Waals surface area contributed by atoms with Crippen molar-refractivity contribution in [3.05, 3.63) is 76.0 Å². The molecular formula is C31H41N3O5S. The number of hydrogen-bond donors (Lipinski definition) is 1. The zero-order valence-corrected chi connectivity index (χ0v) is 24.8. The molecule has 40 heavy (non-hydrogen) atoms. The summed E-state index contributed by atoms with van der Waals surface area (Å²) in [6.45, 7) is 6.52. The standard InChI is InChI=1S/C31H41N3O5S/c1-5-24-10-7-11-26(20-24)32-31(36)34(16-9-18-39-6-2)23-30(35)33(22-27-12-8-19-40-27)17-15-25-13-14-28(37-3)29(21-25)38-4/h7-8,10-14,19-21H,5-6,9,15-18,22-23H2,1-4H3,(H,32,36). The second-order valence-corrected chi connectivity index (χ2v) is 10.3. The van der Waals surface area contributed by atoms with E-state index in [0.717, 1.165) is 28.1 Å². The molecule has 0 aliphatic carbocycles. The molecule has 0 unspecified atom stereocenters. The summed E-state index contributed by atoms with van der Waals surface area (Å²) in [7, 11) is 3.22. The lowest BCUT2D eigenvalue weighted by molar-refractivity contribution is -0.132. The summed E-state index contributed by atoms with van der Waals surface area (Å²) in [5, 5.41) is 4.98. The van der Waals surface area contributed by atoms with Crippen LogP contribution in [0.25, 0.3) is 0 Å². The molecule has 216 valence electrons. The highest BCUT2D eigenvalue weighted by Crippen LogP contribution is 2.28. The van der Waals surface area contributed by atoms with Crippen molar-refractivity contribution in [2.75, 3.05) is 52.4 Å². The first-order valence-corrected chi connectivity index (χ1v) is 14.6. The number of rotatable bonds is 16. The highest BCUT2D eigenvalue weighted by molar-refractivity contribution is 7.09. The van der Waals surface area contributed by atoms with E-state index in [1.165, 1.54) is 0 Å². The molecule has 0 spiro atoms. The number of urea groups is 1. The number of carbonyl (C=O) groups excluding carboxylic acids is 2. The van der Waals surface area contributed by atoms with Crippen LogP contribution in [0.1, 0.15) is 36.3 Å². The van der Waals surface area contributed by atoms with Crippen LogP contribution >= 0.6 is 11.3 Å². The number of anilines is 1. The van der Waals surface area contributed by atoms with Crippen molar-refractivity contribution in [1.29, 1.82) is 0 Å². The molecule has 1 aromatic heterocycles. The fourth-order valence-electron chi connectivity index (χ4n) is 4.27. The largest absolute Gasteiger partial charge is 0.493 e. The smallest absolute Gasteiger partial charge is 0.322 e. The van der Waals surface area contributed by atoms with Gasteiger partial charge in [-0.05, 0) is 73.0 Å². The van der Waals surface area contributed by atoms with Crippen LogP contribution < -0.4 is 14.8 Å². The first kappa shape index (κ1) is 31.0. The van der Waals surface area contributed by atoms with Crippen molar-refractivity contribution in [3.63, 3.8) is 0 Å². The Kier molecular flexibility index (Phi) is 12.8. The highest BCUT2D eigenvalue weighted by atomic mass is 32.1. The van der Waals surface area contributed by atoms with E-state index in [0.29, 0.717) is 57.2 Å². The van der Waals surface area contributed by atoms with Crippen molar-refractivity contribution in [1.82, 2.24) is 9.80 Å². The second-order valence-electron chi connectivity index (χ2n) is 9.29. The molecule has 0 fully saturated rings. The van der Waals surface area contributed by atoms with Gasteiger partial charge in [0.05, 0.1) is 20.8 Å². The number of nitrogens with one attached hydrogen (secondary N) is 1. The van der Waals surface area contributed by atoms with E-state index in [9.17, 15) is 9.59 Å². The van der Waals surface area contributed by atoms with Gasteiger partial charge in [-0.25, -0.2) is 4.79 Å². The maximum atomic E-state index is 13.7. The van der Waals surface area contributed by atoms with Crippen LogP contribution in [0.3, 0.4) is 0 Å². The molecule has 3 amide bonds. The van der Waals surface area contributed by atoms with Gasteiger partial charge in [0.15, 0.2) is 11.5 Å². The molecule has 0 saturated heterocycles. The predicted octanol–water partition coefficient (Wildman–Crippen LogP) is 5.86. The number of benzene rings is 2. The number of amides is 3.